The Morgan fingerprint density at radius 2 is 1.62 bits per heavy atom. The van der Waals surface area contributed by atoms with Gasteiger partial charge in [0.2, 0.25) is 5.91 Å². The molecule has 2 aromatic carbocycles. The Balaban J connectivity index is 2.12. The SMILES string of the molecule is CC(CNC(=O)CC(F)(F)F)NC(=O)c1ccc(/C=C/C(c2cc(Cl)c(Cl)c(Cl)c2)C(F)(F)F)cc1Br. The van der Waals surface area contributed by atoms with Crippen LogP contribution in [0.1, 0.15) is 40.7 Å². The predicted octanol–water partition coefficient (Wildman–Crippen LogP) is 7.96. The van der Waals surface area contributed by atoms with Gasteiger partial charge in [-0.2, -0.15) is 26.3 Å². The molecule has 0 saturated carbocycles. The fraction of sp³-hybridized carbons (Fsp3) is 0.304. The van der Waals surface area contributed by atoms with E-state index in [4.69, 9.17) is 34.8 Å². The fourth-order valence-corrected chi connectivity index (χ4v) is 4.24. The first-order valence-corrected chi connectivity index (χ1v) is 12.2. The third kappa shape index (κ3) is 9.70. The largest absolute Gasteiger partial charge is 0.399 e. The van der Waals surface area contributed by atoms with Gasteiger partial charge in [0.25, 0.3) is 5.91 Å². The zero-order valence-electron chi connectivity index (χ0n) is 18.7. The molecule has 0 aliphatic carbocycles. The number of hydrogen-bond donors (Lipinski definition) is 2. The monoisotopic (exact) mass is 652 g/mol. The molecule has 0 aliphatic rings. The summed E-state index contributed by atoms with van der Waals surface area (Å²) in [4.78, 5) is 23.8. The van der Waals surface area contributed by atoms with Gasteiger partial charge < -0.3 is 10.6 Å². The average Bonchev–Trinajstić information content (AvgIpc) is 2.74. The maximum Gasteiger partial charge on any atom is 0.399 e. The summed E-state index contributed by atoms with van der Waals surface area (Å²) >= 11 is 20.8. The average molecular weight is 655 g/mol. The molecule has 0 aromatic heterocycles. The molecule has 0 fully saturated rings. The van der Waals surface area contributed by atoms with Crippen LogP contribution in [0.4, 0.5) is 26.3 Å². The van der Waals surface area contributed by atoms with Crippen molar-refractivity contribution in [3.63, 3.8) is 0 Å². The highest BCUT2D eigenvalue weighted by molar-refractivity contribution is 9.10. The third-order valence-electron chi connectivity index (χ3n) is 4.78. The van der Waals surface area contributed by atoms with Gasteiger partial charge in [-0.3, -0.25) is 9.59 Å². The van der Waals surface area contributed by atoms with E-state index in [-0.39, 0.29) is 37.2 Å². The van der Waals surface area contributed by atoms with E-state index in [0.717, 1.165) is 18.2 Å². The van der Waals surface area contributed by atoms with E-state index < -0.39 is 42.5 Å². The highest BCUT2D eigenvalue weighted by Gasteiger charge is 2.39. The number of alkyl halides is 6. The van der Waals surface area contributed by atoms with Crippen LogP contribution in [0.15, 0.2) is 40.9 Å². The minimum atomic E-state index is -4.67. The molecular weight excluding hydrogens is 637 g/mol. The van der Waals surface area contributed by atoms with E-state index in [1.165, 1.54) is 31.2 Å². The lowest BCUT2D eigenvalue weighted by atomic mass is 9.97. The zero-order valence-corrected chi connectivity index (χ0v) is 22.6. The number of allylic oxidation sites excluding steroid dienone is 1. The van der Waals surface area contributed by atoms with Crippen LogP contribution >= 0.6 is 50.7 Å². The maximum absolute atomic E-state index is 13.7. The Kier molecular flexibility index (Phi) is 10.8. The first-order valence-electron chi connectivity index (χ1n) is 10.3. The van der Waals surface area contributed by atoms with Crippen LogP contribution in [-0.2, 0) is 4.79 Å². The molecule has 37 heavy (non-hydrogen) atoms. The van der Waals surface area contributed by atoms with E-state index in [9.17, 15) is 35.9 Å². The summed E-state index contributed by atoms with van der Waals surface area (Å²) in [5.74, 6) is -3.89. The van der Waals surface area contributed by atoms with Crippen LogP contribution in [0.5, 0.6) is 0 Å². The van der Waals surface area contributed by atoms with Crippen molar-refractivity contribution in [2.24, 2.45) is 0 Å². The number of carbonyl (C=O) groups is 2. The van der Waals surface area contributed by atoms with Crippen molar-refractivity contribution >= 4 is 68.6 Å². The first kappa shape index (κ1) is 31.3. The molecule has 2 aromatic rings. The predicted molar refractivity (Wildman–Crippen MR) is 134 cm³/mol. The van der Waals surface area contributed by atoms with Crippen LogP contribution in [0, 0.1) is 0 Å². The lowest BCUT2D eigenvalue weighted by Crippen LogP contribution is -2.42. The Labute approximate surface area is 231 Å². The van der Waals surface area contributed by atoms with Crippen LogP contribution < -0.4 is 10.6 Å². The molecule has 2 unspecified atom stereocenters. The minimum Gasteiger partial charge on any atom is -0.354 e. The van der Waals surface area contributed by atoms with Gasteiger partial charge in [-0.1, -0.05) is 53.0 Å². The lowest BCUT2D eigenvalue weighted by molar-refractivity contribution is -0.153. The van der Waals surface area contributed by atoms with Gasteiger partial charge in [0, 0.05) is 17.1 Å². The summed E-state index contributed by atoms with van der Waals surface area (Å²) in [5, 5.41) is 4.27. The quantitative estimate of drug-likeness (QED) is 0.224. The van der Waals surface area contributed by atoms with E-state index in [1.54, 1.807) is 0 Å². The highest BCUT2D eigenvalue weighted by atomic mass is 79.9. The molecule has 0 heterocycles. The van der Waals surface area contributed by atoms with Gasteiger partial charge >= 0.3 is 12.4 Å². The van der Waals surface area contributed by atoms with Crippen molar-refractivity contribution in [3.8, 4) is 0 Å². The molecule has 2 rings (SSSR count). The van der Waals surface area contributed by atoms with Crippen molar-refractivity contribution in [2.45, 2.75) is 37.7 Å². The molecular formula is C23H18BrCl3F6N2O2. The Morgan fingerprint density at radius 3 is 2.14 bits per heavy atom. The number of halogens is 10. The van der Waals surface area contributed by atoms with E-state index in [0.29, 0.717) is 5.56 Å². The number of carbonyl (C=O) groups excluding carboxylic acids is 2. The lowest BCUT2D eigenvalue weighted by Gasteiger charge is -2.18. The van der Waals surface area contributed by atoms with Crippen molar-refractivity contribution in [3.05, 3.63) is 72.6 Å². The van der Waals surface area contributed by atoms with Crippen LogP contribution in [0.3, 0.4) is 0 Å². The first-order chi connectivity index (χ1) is 17.0. The number of benzene rings is 2. The summed E-state index contributed by atoms with van der Waals surface area (Å²) in [6.45, 7) is 1.24. The molecule has 0 spiro atoms. The molecule has 2 amide bonds. The summed E-state index contributed by atoms with van der Waals surface area (Å²) in [6.07, 6.45) is -8.84. The fourth-order valence-electron chi connectivity index (χ4n) is 3.05. The second-order valence-corrected chi connectivity index (χ2v) is 9.93. The maximum atomic E-state index is 13.7. The van der Waals surface area contributed by atoms with Crippen molar-refractivity contribution < 1.29 is 35.9 Å². The molecule has 2 N–H and O–H groups in total. The number of amides is 2. The molecule has 4 nitrogen and oxygen atoms in total. The summed E-state index contributed by atoms with van der Waals surface area (Å²) in [6, 6.07) is 5.62. The van der Waals surface area contributed by atoms with Gasteiger partial charge in [0.1, 0.15) is 6.42 Å². The van der Waals surface area contributed by atoms with Crippen LogP contribution in [0.25, 0.3) is 6.08 Å². The van der Waals surface area contributed by atoms with Gasteiger partial charge in [0.15, 0.2) is 0 Å². The van der Waals surface area contributed by atoms with Gasteiger partial charge in [-0.15, -0.1) is 0 Å². The third-order valence-corrected chi connectivity index (χ3v) is 6.63. The number of rotatable bonds is 8. The zero-order chi connectivity index (χ0) is 28.1. The molecule has 202 valence electrons. The highest BCUT2D eigenvalue weighted by Crippen LogP contribution is 2.41. The van der Waals surface area contributed by atoms with E-state index in [1.807, 2.05) is 0 Å². The molecule has 2 atom stereocenters. The smallest absolute Gasteiger partial charge is 0.354 e. The van der Waals surface area contributed by atoms with Crippen molar-refractivity contribution in [1.82, 2.24) is 10.6 Å². The summed E-state index contributed by atoms with van der Waals surface area (Å²) in [5.41, 5.74) is 0.236. The molecule has 0 bridgehead atoms. The molecule has 0 aliphatic heterocycles. The standard InChI is InChI=1S/C23H18BrCl3F6N2O2/c1-11(10-34-19(36)9-22(28,29)30)35-21(37)14-4-2-12(6-16(14)24)3-5-15(23(31,32)33)13-7-17(25)20(27)18(26)8-13/h2-8,11,15H,9-10H2,1H3,(H,34,36)(H,35,37)/b5-3+. The molecule has 0 radical (unpaired) electrons. The minimum absolute atomic E-state index is 0.0622. The van der Waals surface area contributed by atoms with Crippen molar-refractivity contribution in [1.29, 1.82) is 0 Å². The van der Waals surface area contributed by atoms with Crippen LogP contribution in [-0.4, -0.2) is 36.8 Å². The van der Waals surface area contributed by atoms with Gasteiger partial charge in [0.05, 0.1) is 26.5 Å². The molecule has 0 saturated heterocycles. The Bertz CT molecular complexity index is 1170. The Morgan fingerprint density at radius 1 is 1.03 bits per heavy atom. The second kappa shape index (κ2) is 12.7. The summed E-state index contributed by atoms with van der Waals surface area (Å²) < 4.78 is 78.1. The van der Waals surface area contributed by atoms with Crippen molar-refractivity contribution in [2.75, 3.05) is 6.54 Å². The van der Waals surface area contributed by atoms with E-state index in [2.05, 4.69) is 26.6 Å². The van der Waals surface area contributed by atoms with Gasteiger partial charge in [-0.05, 0) is 58.2 Å². The normalized spacial score (nSPS) is 13.9. The Hall–Kier alpha value is -1.95. The summed E-state index contributed by atoms with van der Waals surface area (Å²) in [7, 11) is 0. The molecule has 14 heteroatoms. The van der Waals surface area contributed by atoms with Crippen LogP contribution in [0.2, 0.25) is 15.1 Å². The number of nitrogens with one attached hydrogen (secondary N) is 2. The van der Waals surface area contributed by atoms with Gasteiger partial charge in [-0.25, -0.2) is 0 Å². The second-order valence-electron chi connectivity index (χ2n) is 7.89. The topological polar surface area (TPSA) is 58.2 Å². The van der Waals surface area contributed by atoms with E-state index >= 15 is 0 Å². The number of hydrogen-bond acceptors (Lipinski definition) is 2.